The molecular formula is C19H21N2O4+. The Bertz CT molecular complexity index is 794. The Morgan fingerprint density at radius 3 is 2.48 bits per heavy atom. The van der Waals surface area contributed by atoms with Crippen molar-refractivity contribution in [2.24, 2.45) is 0 Å². The Labute approximate surface area is 146 Å². The van der Waals surface area contributed by atoms with E-state index >= 15 is 0 Å². The van der Waals surface area contributed by atoms with Gasteiger partial charge in [0.25, 0.3) is 11.7 Å². The number of nitrogens with one attached hydrogen (secondary N) is 1. The molecule has 2 N–H and O–H groups in total. The Balaban J connectivity index is 2.09. The third-order valence-electron chi connectivity index (χ3n) is 4.25. The predicted molar refractivity (Wildman–Crippen MR) is 91.8 cm³/mol. The molecule has 0 radical (unpaired) electrons. The van der Waals surface area contributed by atoms with Crippen molar-refractivity contribution in [1.82, 2.24) is 4.90 Å². The van der Waals surface area contributed by atoms with Crippen LogP contribution in [-0.4, -0.2) is 48.9 Å². The van der Waals surface area contributed by atoms with Crippen LogP contribution in [0.15, 0.2) is 58.7 Å². The van der Waals surface area contributed by atoms with E-state index < -0.39 is 17.7 Å². The standard InChI is InChI=1S/C19H20N2O4/c1-20(2)10-11-21-16(14-9-6-12-25-14)15(18(23)19(21)24)17(22)13-7-4-3-5-8-13/h3-9,12,16,22H,10-11H2,1-2H3/p+1/t16-/m0/s1. The van der Waals surface area contributed by atoms with Gasteiger partial charge in [-0.3, -0.25) is 9.59 Å². The second-order valence-electron chi connectivity index (χ2n) is 6.33. The van der Waals surface area contributed by atoms with Crippen LogP contribution in [-0.2, 0) is 9.59 Å². The predicted octanol–water partition coefficient (Wildman–Crippen LogP) is 0.846. The van der Waals surface area contributed by atoms with Crippen LogP contribution in [0.4, 0.5) is 0 Å². The SMILES string of the molecule is C[NH+](C)CCN1C(=O)C(=O)C(=C(O)c2ccccc2)[C@@H]1c1ccco1. The molecule has 1 aromatic carbocycles. The van der Waals surface area contributed by atoms with Crippen LogP contribution in [0.3, 0.4) is 0 Å². The lowest BCUT2D eigenvalue weighted by Crippen LogP contribution is -3.06. The molecule has 1 amide bonds. The van der Waals surface area contributed by atoms with E-state index in [0.29, 0.717) is 24.4 Å². The van der Waals surface area contributed by atoms with Gasteiger partial charge in [0.15, 0.2) is 0 Å². The van der Waals surface area contributed by atoms with Crippen LogP contribution < -0.4 is 4.90 Å². The fraction of sp³-hybridized carbons (Fsp3) is 0.263. The Hall–Kier alpha value is -2.86. The van der Waals surface area contributed by atoms with E-state index in [1.807, 2.05) is 20.2 Å². The maximum absolute atomic E-state index is 12.6. The summed E-state index contributed by atoms with van der Waals surface area (Å²) in [6.45, 7) is 1.07. The average molecular weight is 341 g/mol. The lowest BCUT2D eigenvalue weighted by atomic mass is 9.99. The van der Waals surface area contributed by atoms with Crippen molar-refractivity contribution < 1.29 is 24.0 Å². The zero-order valence-electron chi connectivity index (χ0n) is 14.2. The number of ketones is 1. The first kappa shape index (κ1) is 17.0. The fourth-order valence-corrected chi connectivity index (χ4v) is 2.95. The minimum atomic E-state index is -0.713. The third kappa shape index (κ3) is 3.21. The van der Waals surface area contributed by atoms with Gasteiger partial charge in [-0.25, -0.2) is 0 Å². The Morgan fingerprint density at radius 2 is 1.88 bits per heavy atom. The fourth-order valence-electron chi connectivity index (χ4n) is 2.95. The number of carbonyl (C=O) groups is 2. The molecule has 0 unspecified atom stereocenters. The molecule has 6 heteroatoms. The molecule has 6 nitrogen and oxygen atoms in total. The summed E-state index contributed by atoms with van der Waals surface area (Å²) >= 11 is 0. The van der Waals surface area contributed by atoms with Crippen molar-refractivity contribution in [3.05, 3.63) is 65.6 Å². The third-order valence-corrected chi connectivity index (χ3v) is 4.25. The minimum absolute atomic E-state index is 0.0694. The molecule has 0 spiro atoms. The number of nitrogens with zero attached hydrogens (tertiary/aromatic N) is 1. The van der Waals surface area contributed by atoms with Crippen LogP contribution in [0.5, 0.6) is 0 Å². The van der Waals surface area contributed by atoms with E-state index in [1.54, 1.807) is 36.4 Å². The molecule has 1 aliphatic heterocycles. The highest BCUT2D eigenvalue weighted by Gasteiger charge is 2.47. The second kappa shape index (κ2) is 6.94. The number of likely N-dealkylation sites (N-methyl/N-ethyl adjacent to an activating group) is 1. The lowest BCUT2D eigenvalue weighted by Gasteiger charge is -2.23. The summed E-state index contributed by atoms with van der Waals surface area (Å²) in [6.07, 6.45) is 1.50. The van der Waals surface area contributed by atoms with Crippen molar-refractivity contribution in [2.75, 3.05) is 27.2 Å². The molecule has 0 saturated carbocycles. The number of carbonyl (C=O) groups excluding carboxylic acids is 2. The molecule has 0 bridgehead atoms. The van der Waals surface area contributed by atoms with E-state index in [0.717, 1.165) is 4.90 Å². The van der Waals surface area contributed by atoms with Gasteiger partial charge < -0.3 is 19.3 Å². The number of benzene rings is 1. The summed E-state index contributed by atoms with van der Waals surface area (Å²) in [5, 5.41) is 10.7. The van der Waals surface area contributed by atoms with Gasteiger partial charge in [0.05, 0.1) is 39.0 Å². The number of hydrogen-bond donors (Lipinski definition) is 2. The van der Waals surface area contributed by atoms with Gasteiger partial charge in [-0.15, -0.1) is 0 Å². The van der Waals surface area contributed by atoms with Gasteiger partial charge in [-0.1, -0.05) is 30.3 Å². The van der Waals surface area contributed by atoms with E-state index in [4.69, 9.17) is 4.42 Å². The Morgan fingerprint density at radius 1 is 1.16 bits per heavy atom. The molecule has 1 atom stereocenters. The number of amides is 1. The monoisotopic (exact) mass is 341 g/mol. The first-order valence-electron chi connectivity index (χ1n) is 8.17. The van der Waals surface area contributed by atoms with Crippen molar-refractivity contribution in [1.29, 1.82) is 0 Å². The minimum Gasteiger partial charge on any atom is -0.507 e. The topological polar surface area (TPSA) is 75.2 Å². The summed E-state index contributed by atoms with van der Waals surface area (Å²) in [6, 6.07) is 11.5. The first-order chi connectivity index (χ1) is 12.0. The van der Waals surface area contributed by atoms with Gasteiger partial charge in [0.2, 0.25) is 0 Å². The molecule has 2 heterocycles. The summed E-state index contributed by atoms with van der Waals surface area (Å²) in [5.74, 6) is -1.01. The maximum Gasteiger partial charge on any atom is 0.295 e. The molecule has 1 aromatic heterocycles. The van der Waals surface area contributed by atoms with Gasteiger partial charge in [-0.05, 0) is 12.1 Å². The van der Waals surface area contributed by atoms with Gasteiger partial charge in [0.1, 0.15) is 17.6 Å². The van der Waals surface area contributed by atoms with Crippen molar-refractivity contribution in [3.63, 3.8) is 0 Å². The summed E-state index contributed by atoms with van der Waals surface area (Å²) in [7, 11) is 3.95. The van der Waals surface area contributed by atoms with E-state index in [2.05, 4.69) is 0 Å². The van der Waals surface area contributed by atoms with Crippen molar-refractivity contribution in [2.45, 2.75) is 6.04 Å². The summed E-state index contributed by atoms with van der Waals surface area (Å²) in [4.78, 5) is 27.8. The van der Waals surface area contributed by atoms with E-state index in [-0.39, 0.29) is 11.3 Å². The number of aliphatic hydroxyl groups excluding tert-OH is 1. The summed E-state index contributed by atoms with van der Waals surface area (Å²) < 4.78 is 5.47. The molecule has 1 aliphatic rings. The highest BCUT2D eigenvalue weighted by atomic mass is 16.3. The molecule has 2 aromatic rings. The smallest absolute Gasteiger partial charge is 0.295 e. The molecule has 1 fully saturated rings. The number of hydrogen-bond acceptors (Lipinski definition) is 4. The van der Waals surface area contributed by atoms with Crippen LogP contribution in [0.1, 0.15) is 17.4 Å². The van der Waals surface area contributed by atoms with Gasteiger partial charge in [0, 0.05) is 5.56 Å². The number of aliphatic hydroxyl groups is 1. The van der Waals surface area contributed by atoms with Crippen LogP contribution >= 0.6 is 0 Å². The average Bonchev–Trinajstić information content (AvgIpc) is 3.21. The quantitative estimate of drug-likeness (QED) is 0.480. The number of likely N-dealkylation sites (tertiary alicyclic amines) is 1. The van der Waals surface area contributed by atoms with Crippen LogP contribution in [0.2, 0.25) is 0 Å². The van der Waals surface area contributed by atoms with Crippen LogP contribution in [0.25, 0.3) is 5.76 Å². The second-order valence-corrected chi connectivity index (χ2v) is 6.33. The molecule has 3 rings (SSSR count). The largest absolute Gasteiger partial charge is 0.507 e. The van der Waals surface area contributed by atoms with Crippen molar-refractivity contribution >= 4 is 17.4 Å². The zero-order chi connectivity index (χ0) is 18.0. The number of furan rings is 1. The van der Waals surface area contributed by atoms with Gasteiger partial charge >= 0.3 is 0 Å². The maximum atomic E-state index is 12.6. The highest BCUT2D eigenvalue weighted by Crippen LogP contribution is 2.39. The number of rotatable bonds is 5. The normalized spacial score (nSPS) is 19.8. The molecule has 1 saturated heterocycles. The number of Topliss-reactive ketones (excluding diaryl/α,β-unsaturated/α-hetero) is 1. The molecule has 130 valence electrons. The first-order valence-corrected chi connectivity index (χ1v) is 8.17. The Kier molecular flexibility index (Phi) is 4.72. The van der Waals surface area contributed by atoms with E-state index in [9.17, 15) is 14.7 Å². The molecule has 0 aliphatic carbocycles. The lowest BCUT2D eigenvalue weighted by molar-refractivity contribution is -0.857. The number of quaternary nitrogens is 1. The van der Waals surface area contributed by atoms with Crippen LogP contribution in [0, 0.1) is 0 Å². The van der Waals surface area contributed by atoms with Crippen molar-refractivity contribution in [3.8, 4) is 0 Å². The van der Waals surface area contributed by atoms with E-state index in [1.165, 1.54) is 11.2 Å². The summed E-state index contributed by atoms with van der Waals surface area (Å²) in [5.41, 5.74) is 0.565. The van der Waals surface area contributed by atoms with Gasteiger partial charge in [-0.2, -0.15) is 0 Å². The highest BCUT2D eigenvalue weighted by molar-refractivity contribution is 6.46. The molecular weight excluding hydrogens is 320 g/mol. The molecule has 25 heavy (non-hydrogen) atoms. The zero-order valence-corrected chi connectivity index (χ0v) is 14.2.